The van der Waals surface area contributed by atoms with Crippen LogP contribution in [0.15, 0.2) is 23.1 Å². The van der Waals surface area contributed by atoms with Gasteiger partial charge < -0.3 is 9.47 Å². The van der Waals surface area contributed by atoms with Crippen molar-refractivity contribution in [3.05, 3.63) is 24.0 Å². The van der Waals surface area contributed by atoms with E-state index < -0.39 is 9.84 Å². The van der Waals surface area contributed by atoms with Crippen molar-refractivity contribution in [2.45, 2.75) is 76.7 Å². The van der Waals surface area contributed by atoms with Crippen LogP contribution in [0.2, 0.25) is 0 Å². The molecule has 7 heteroatoms. The van der Waals surface area contributed by atoms with Gasteiger partial charge in [-0.1, -0.05) is 27.2 Å². The number of nitrogens with zero attached hydrogens (tertiary/aromatic N) is 3. The zero-order valence-electron chi connectivity index (χ0n) is 19.2. The predicted molar refractivity (Wildman–Crippen MR) is 123 cm³/mol. The average molecular weight is 446 g/mol. The van der Waals surface area contributed by atoms with Crippen molar-refractivity contribution in [3.8, 4) is 0 Å². The van der Waals surface area contributed by atoms with Crippen molar-refractivity contribution in [1.29, 1.82) is 0 Å². The highest BCUT2D eigenvalue weighted by Gasteiger charge is 2.29. The Balaban J connectivity index is 1.63. The molecule has 0 radical (unpaired) electrons. The minimum atomic E-state index is -3.28. The van der Waals surface area contributed by atoms with E-state index >= 15 is 0 Å². The van der Waals surface area contributed by atoms with E-state index in [0.717, 1.165) is 68.6 Å². The van der Waals surface area contributed by atoms with Gasteiger partial charge in [0.2, 0.25) is 5.91 Å². The average Bonchev–Trinajstić information content (AvgIpc) is 3.03. The van der Waals surface area contributed by atoms with Gasteiger partial charge in [-0.25, -0.2) is 13.4 Å². The molecule has 0 bridgehead atoms. The number of hydrogen-bond acceptors (Lipinski definition) is 4. The van der Waals surface area contributed by atoms with Crippen LogP contribution in [0.1, 0.15) is 65.6 Å². The van der Waals surface area contributed by atoms with Gasteiger partial charge in [-0.3, -0.25) is 4.79 Å². The predicted octanol–water partition coefficient (Wildman–Crippen LogP) is 4.17. The maximum absolute atomic E-state index is 12.9. The molecule has 6 nitrogen and oxygen atoms in total. The molecule has 31 heavy (non-hydrogen) atoms. The number of aromatic nitrogens is 2. The highest BCUT2D eigenvalue weighted by atomic mass is 32.2. The molecule has 0 spiro atoms. The van der Waals surface area contributed by atoms with Crippen LogP contribution >= 0.6 is 0 Å². The van der Waals surface area contributed by atoms with Gasteiger partial charge in [0.25, 0.3) is 0 Å². The van der Waals surface area contributed by atoms with E-state index in [4.69, 9.17) is 4.98 Å². The monoisotopic (exact) mass is 445 g/mol. The maximum Gasteiger partial charge on any atom is 0.219 e. The summed E-state index contributed by atoms with van der Waals surface area (Å²) in [5, 5.41) is 0. The summed E-state index contributed by atoms with van der Waals surface area (Å²) >= 11 is 0. The lowest BCUT2D eigenvalue weighted by molar-refractivity contribution is -0.130. The lowest BCUT2D eigenvalue weighted by Crippen LogP contribution is -2.38. The molecule has 2 fully saturated rings. The number of carbonyl (C=O) groups is 1. The summed E-state index contributed by atoms with van der Waals surface area (Å²) in [4.78, 5) is 18.9. The Bertz CT molecular complexity index is 1070. The van der Waals surface area contributed by atoms with Crippen LogP contribution < -0.4 is 0 Å². The van der Waals surface area contributed by atoms with Crippen LogP contribution in [-0.2, 0) is 26.6 Å². The van der Waals surface area contributed by atoms with Crippen LogP contribution in [-0.4, -0.2) is 47.6 Å². The van der Waals surface area contributed by atoms with Crippen molar-refractivity contribution >= 4 is 26.8 Å². The van der Waals surface area contributed by atoms with E-state index in [1.54, 1.807) is 19.1 Å². The molecule has 1 saturated carbocycles. The minimum Gasteiger partial charge on any atom is -0.343 e. The number of fused-ring (bicyclic) bond motifs is 1. The molecule has 1 amide bonds. The normalized spacial score (nSPS) is 19.0. The molecular weight excluding hydrogens is 410 g/mol. The summed E-state index contributed by atoms with van der Waals surface area (Å²) in [5.41, 5.74) is 1.62. The van der Waals surface area contributed by atoms with E-state index in [1.807, 2.05) is 11.0 Å². The standard InChI is InChI=1S/C24H35N3O3S/c1-17(28)26-12-10-18(11-13-26)15-27-22-9-8-20(31(29,30)16-19-6-5-7-19)14-21(22)25-23(27)24(2,3)4/h8-9,14,18-19H,5-7,10-13,15-16H2,1-4H3. The first kappa shape index (κ1) is 22.3. The molecule has 1 aromatic heterocycles. The third kappa shape index (κ3) is 4.66. The fraction of sp³-hybridized carbons (Fsp3) is 0.667. The minimum absolute atomic E-state index is 0.149. The zero-order valence-corrected chi connectivity index (χ0v) is 20.0. The number of hydrogen-bond donors (Lipinski definition) is 0. The second kappa shape index (κ2) is 8.23. The van der Waals surface area contributed by atoms with Gasteiger partial charge in [0.05, 0.1) is 21.7 Å². The summed E-state index contributed by atoms with van der Waals surface area (Å²) in [6, 6.07) is 5.47. The third-order valence-corrected chi connectivity index (χ3v) is 8.81. The van der Waals surface area contributed by atoms with Gasteiger partial charge in [0.1, 0.15) is 5.82 Å². The number of piperidine rings is 1. The summed E-state index contributed by atoms with van der Waals surface area (Å²) < 4.78 is 28.1. The smallest absolute Gasteiger partial charge is 0.219 e. The molecule has 1 aliphatic carbocycles. The summed E-state index contributed by atoms with van der Waals surface area (Å²) in [7, 11) is -3.28. The van der Waals surface area contributed by atoms with Gasteiger partial charge in [-0.05, 0) is 55.7 Å². The van der Waals surface area contributed by atoms with Gasteiger partial charge in [-0.2, -0.15) is 0 Å². The lowest BCUT2D eigenvalue weighted by atomic mass is 9.87. The van der Waals surface area contributed by atoms with Crippen LogP contribution in [0.5, 0.6) is 0 Å². The Kier molecular flexibility index (Phi) is 5.92. The van der Waals surface area contributed by atoms with Crippen molar-refractivity contribution in [1.82, 2.24) is 14.5 Å². The van der Waals surface area contributed by atoms with Crippen molar-refractivity contribution < 1.29 is 13.2 Å². The number of amides is 1. The Labute approximate surface area is 185 Å². The van der Waals surface area contributed by atoms with E-state index in [1.165, 1.54) is 0 Å². The zero-order chi connectivity index (χ0) is 22.4. The molecule has 2 aromatic rings. The Hall–Kier alpha value is -1.89. The number of likely N-dealkylation sites (tertiary alicyclic amines) is 1. The molecule has 170 valence electrons. The van der Waals surface area contributed by atoms with Crippen molar-refractivity contribution in [2.75, 3.05) is 18.8 Å². The van der Waals surface area contributed by atoms with E-state index in [0.29, 0.717) is 16.7 Å². The second-order valence-electron chi connectivity index (χ2n) is 10.5. The number of imidazole rings is 1. The third-order valence-electron chi connectivity index (χ3n) is 6.93. The fourth-order valence-corrected chi connectivity index (χ4v) is 6.53. The van der Waals surface area contributed by atoms with Crippen molar-refractivity contribution in [2.24, 2.45) is 11.8 Å². The van der Waals surface area contributed by atoms with Gasteiger partial charge in [-0.15, -0.1) is 0 Å². The summed E-state index contributed by atoms with van der Waals surface area (Å²) in [5.74, 6) is 2.18. The van der Waals surface area contributed by atoms with Crippen LogP contribution in [0.4, 0.5) is 0 Å². The van der Waals surface area contributed by atoms with Gasteiger partial charge >= 0.3 is 0 Å². The van der Waals surface area contributed by atoms with E-state index in [9.17, 15) is 13.2 Å². The first-order valence-corrected chi connectivity index (χ1v) is 13.2. The van der Waals surface area contributed by atoms with Gasteiger partial charge in [0.15, 0.2) is 9.84 Å². The van der Waals surface area contributed by atoms with E-state index in [2.05, 4.69) is 25.3 Å². The summed E-state index contributed by atoms with van der Waals surface area (Å²) in [6.45, 7) is 10.6. The van der Waals surface area contributed by atoms with E-state index in [-0.39, 0.29) is 17.1 Å². The first-order chi connectivity index (χ1) is 14.5. The molecular formula is C24H35N3O3S. The Morgan fingerprint density at radius 1 is 1.10 bits per heavy atom. The quantitative estimate of drug-likeness (QED) is 0.693. The molecule has 2 heterocycles. The topological polar surface area (TPSA) is 72.3 Å². The molecule has 1 aliphatic heterocycles. The molecule has 0 N–H and O–H groups in total. The fourth-order valence-electron chi connectivity index (χ4n) is 4.82. The van der Waals surface area contributed by atoms with Crippen LogP contribution in [0.3, 0.4) is 0 Å². The maximum atomic E-state index is 12.9. The highest BCUT2D eigenvalue weighted by molar-refractivity contribution is 7.91. The first-order valence-electron chi connectivity index (χ1n) is 11.5. The second-order valence-corrected chi connectivity index (χ2v) is 12.5. The largest absolute Gasteiger partial charge is 0.343 e. The molecule has 4 rings (SSSR count). The number of carbonyl (C=O) groups excluding carboxylic acids is 1. The molecule has 2 aliphatic rings. The SMILES string of the molecule is CC(=O)N1CCC(Cn2c(C(C)(C)C)nc3cc(S(=O)(=O)CC4CCC4)ccc32)CC1. The lowest BCUT2D eigenvalue weighted by Gasteiger charge is -2.32. The number of sulfone groups is 1. The molecule has 1 saturated heterocycles. The Morgan fingerprint density at radius 3 is 2.32 bits per heavy atom. The van der Waals surface area contributed by atoms with Crippen molar-refractivity contribution in [3.63, 3.8) is 0 Å². The van der Waals surface area contributed by atoms with Gasteiger partial charge in [0, 0.05) is 32.0 Å². The molecule has 0 atom stereocenters. The molecule has 0 unspecified atom stereocenters. The van der Waals surface area contributed by atoms with Crippen LogP contribution in [0, 0.1) is 11.8 Å². The molecule has 1 aromatic carbocycles. The van der Waals surface area contributed by atoms with Crippen LogP contribution in [0.25, 0.3) is 11.0 Å². The Morgan fingerprint density at radius 2 is 1.77 bits per heavy atom. The number of benzene rings is 1. The highest BCUT2D eigenvalue weighted by Crippen LogP contribution is 2.33. The summed E-state index contributed by atoms with van der Waals surface area (Å²) in [6.07, 6.45) is 5.15. The number of rotatable bonds is 5.